The van der Waals surface area contributed by atoms with Crippen molar-refractivity contribution in [2.45, 2.75) is 42.9 Å². The molecule has 0 aromatic heterocycles. The first kappa shape index (κ1) is 13.1. The van der Waals surface area contributed by atoms with Crippen LogP contribution in [0.15, 0.2) is 29.2 Å². The molecule has 2 rings (SSSR count). The zero-order chi connectivity index (χ0) is 13.0. The zero-order valence-electron chi connectivity index (χ0n) is 10.3. The highest BCUT2D eigenvalue weighted by Crippen LogP contribution is 2.32. The second kappa shape index (κ2) is 5.53. The molecule has 0 amide bonds. The second-order valence-electron chi connectivity index (χ2n) is 4.82. The lowest BCUT2D eigenvalue weighted by molar-refractivity contribution is 0.443. The van der Waals surface area contributed by atoms with Crippen LogP contribution < -0.4 is 0 Å². The van der Waals surface area contributed by atoms with Crippen LogP contribution in [-0.2, 0) is 9.84 Å². The van der Waals surface area contributed by atoms with Crippen molar-refractivity contribution in [3.63, 3.8) is 0 Å². The average Bonchev–Trinajstić information content (AvgIpc) is 2.40. The van der Waals surface area contributed by atoms with Gasteiger partial charge in [-0.25, -0.2) is 8.42 Å². The SMILES string of the molecule is N#CCS(=O)(=O)c1ccc(C2CCCCC2)cc1. The molecule has 96 valence electrons. The first-order valence-electron chi connectivity index (χ1n) is 6.33. The van der Waals surface area contributed by atoms with Gasteiger partial charge in [-0.3, -0.25) is 0 Å². The molecule has 1 aromatic carbocycles. The number of nitrogens with zero attached hydrogens (tertiary/aromatic N) is 1. The van der Waals surface area contributed by atoms with E-state index in [4.69, 9.17) is 5.26 Å². The summed E-state index contributed by atoms with van der Waals surface area (Å²) in [5, 5.41) is 8.49. The van der Waals surface area contributed by atoms with Gasteiger partial charge in [0.25, 0.3) is 0 Å². The van der Waals surface area contributed by atoms with Gasteiger partial charge < -0.3 is 0 Å². The molecule has 3 nitrogen and oxygen atoms in total. The van der Waals surface area contributed by atoms with E-state index >= 15 is 0 Å². The molecule has 0 heterocycles. The number of hydrogen-bond donors (Lipinski definition) is 0. The van der Waals surface area contributed by atoms with Crippen molar-refractivity contribution < 1.29 is 8.42 Å². The Kier molecular flexibility index (Phi) is 4.03. The van der Waals surface area contributed by atoms with Crippen LogP contribution in [0.5, 0.6) is 0 Å². The lowest BCUT2D eigenvalue weighted by atomic mass is 9.84. The standard InChI is InChI=1S/C14H17NO2S/c15-10-11-18(16,17)14-8-6-13(7-9-14)12-4-2-1-3-5-12/h6-9,12H,1-5,11H2. The van der Waals surface area contributed by atoms with E-state index in [-0.39, 0.29) is 4.90 Å². The quantitative estimate of drug-likeness (QED) is 0.842. The van der Waals surface area contributed by atoms with Crippen molar-refractivity contribution >= 4 is 9.84 Å². The maximum Gasteiger partial charge on any atom is 0.191 e. The highest BCUT2D eigenvalue weighted by Gasteiger charge is 2.17. The fraction of sp³-hybridized carbons (Fsp3) is 0.500. The summed E-state index contributed by atoms with van der Waals surface area (Å²) in [6.45, 7) is 0. The van der Waals surface area contributed by atoms with Crippen LogP contribution in [0, 0.1) is 11.3 Å². The molecule has 1 aromatic rings. The number of benzene rings is 1. The monoisotopic (exact) mass is 263 g/mol. The van der Waals surface area contributed by atoms with Crippen LogP contribution in [0.1, 0.15) is 43.6 Å². The lowest BCUT2D eigenvalue weighted by Gasteiger charge is -2.22. The molecule has 0 N–H and O–H groups in total. The molecule has 4 heteroatoms. The number of nitriles is 1. The summed E-state index contributed by atoms with van der Waals surface area (Å²) in [4.78, 5) is 0.253. The van der Waals surface area contributed by atoms with Gasteiger partial charge in [0.2, 0.25) is 0 Å². The Bertz CT molecular complexity index is 534. The summed E-state index contributed by atoms with van der Waals surface area (Å²) < 4.78 is 23.4. The van der Waals surface area contributed by atoms with Gasteiger partial charge in [-0.15, -0.1) is 0 Å². The van der Waals surface area contributed by atoms with Gasteiger partial charge in [-0.2, -0.15) is 5.26 Å². The second-order valence-corrected chi connectivity index (χ2v) is 6.81. The normalized spacial score (nSPS) is 17.3. The Hall–Kier alpha value is -1.34. The summed E-state index contributed by atoms with van der Waals surface area (Å²) in [6.07, 6.45) is 6.23. The fourth-order valence-electron chi connectivity index (χ4n) is 2.55. The highest BCUT2D eigenvalue weighted by molar-refractivity contribution is 7.91. The molecule has 0 bridgehead atoms. The Labute approximate surface area is 108 Å². The molecule has 0 saturated heterocycles. The third kappa shape index (κ3) is 2.91. The van der Waals surface area contributed by atoms with E-state index in [0.29, 0.717) is 5.92 Å². The topological polar surface area (TPSA) is 57.9 Å². The summed E-state index contributed by atoms with van der Waals surface area (Å²) in [5.41, 5.74) is 1.23. The predicted molar refractivity (Wildman–Crippen MR) is 69.9 cm³/mol. The Morgan fingerprint density at radius 1 is 1.11 bits per heavy atom. The minimum Gasteiger partial charge on any atom is -0.223 e. The molecule has 18 heavy (non-hydrogen) atoms. The van der Waals surface area contributed by atoms with E-state index in [1.165, 1.54) is 37.7 Å². The molecule has 1 aliphatic carbocycles. The van der Waals surface area contributed by atoms with Gasteiger partial charge in [-0.05, 0) is 36.5 Å². The molecule has 0 atom stereocenters. The van der Waals surface area contributed by atoms with Gasteiger partial charge >= 0.3 is 0 Å². The average molecular weight is 263 g/mol. The highest BCUT2D eigenvalue weighted by atomic mass is 32.2. The maximum atomic E-state index is 11.7. The minimum absolute atomic E-state index is 0.253. The first-order valence-corrected chi connectivity index (χ1v) is 7.98. The van der Waals surface area contributed by atoms with Crippen molar-refractivity contribution in [3.8, 4) is 6.07 Å². The van der Waals surface area contributed by atoms with E-state index in [0.717, 1.165) is 0 Å². The van der Waals surface area contributed by atoms with Crippen LogP contribution in [0.25, 0.3) is 0 Å². The maximum absolute atomic E-state index is 11.7. The van der Waals surface area contributed by atoms with Crippen molar-refractivity contribution in [1.29, 1.82) is 5.26 Å². The van der Waals surface area contributed by atoms with Gasteiger partial charge in [0.05, 0.1) is 11.0 Å². The van der Waals surface area contributed by atoms with E-state index in [1.54, 1.807) is 18.2 Å². The molecule has 1 saturated carbocycles. The van der Waals surface area contributed by atoms with Crippen LogP contribution in [0.4, 0.5) is 0 Å². The summed E-state index contributed by atoms with van der Waals surface area (Å²) >= 11 is 0. The largest absolute Gasteiger partial charge is 0.223 e. The predicted octanol–water partition coefficient (Wildman–Crippen LogP) is 3.03. The molecule has 1 fully saturated rings. The Morgan fingerprint density at radius 3 is 2.28 bits per heavy atom. The molecule has 0 aliphatic heterocycles. The van der Waals surface area contributed by atoms with Crippen molar-refractivity contribution in [1.82, 2.24) is 0 Å². The third-order valence-corrected chi connectivity index (χ3v) is 5.07. The Morgan fingerprint density at radius 2 is 1.72 bits per heavy atom. The van der Waals surface area contributed by atoms with Crippen LogP contribution in [0.3, 0.4) is 0 Å². The third-order valence-electron chi connectivity index (χ3n) is 3.57. The van der Waals surface area contributed by atoms with Crippen molar-refractivity contribution in [2.24, 2.45) is 0 Å². The Balaban J connectivity index is 2.17. The lowest BCUT2D eigenvalue weighted by Crippen LogP contribution is -2.07. The van der Waals surface area contributed by atoms with Crippen molar-refractivity contribution in [3.05, 3.63) is 29.8 Å². The summed E-state index contributed by atoms with van der Waals surface area (Å²) in [5.74, 6) is 0.127. The molecule has 0 radical (unpaired) electrons. The van der Waals surface area contributed by atoms with E-state index in [1.807, 2.05) is 12.1 Å². The first-order chi connectivity index (χ1) is 8.63. The number of sulfone groups is 1. The van der Waals surface area contributed by atoms with Crippen molar-refractivity contribution in [2.75, 3.05) is 5.75 Å². The molecule has 1 aliphatic rings. The van der Waals surface area contributed by atoms with E-state index in [9.17, 15) is 8.42 Å². The summed E-state index contributed by atoms with van der Waals surface area (Å²) in [6, 6.07) is 8.77. The zero-order valence-corrected chi connectivity index (χ0v) is 11.1. The molecular weight excluding hydrogens is 246 g/mol. The summed E-state index contributed by atoms with van der Waals surface area (Å²) in [7, 11) is -3.42. The molecular formula is C14H17NO2S. The van der Waals surface area contributed by atoms with Gasteiger partial charge in [-0.1, -0.05) is 31.4 Å². The molecule has 0 spiro atoms. The minimum atomic E-state index is -3.42. The smallest absolute Gasteiger partial charge is 0.191 e. The van der Waals surface area contributed by atoms with Gasteiger partial charge in [0.15, 0.2) is 9.84 Å². The van der Waals surface area contributed by atoms with Crippen LogP contribution in [-0.4, -0.2) is 14.2 Å². The van der Waals surface area contributed by atoms with Crippen LogP contribution in [0.2, 0.25) is 0 Å². The number of rotatable bonds is 3. The van der Waals surface area contributed by atoms with E-state index < -0.39 is 15.6 Å². The fourth-order valence-corrected chi connectivity index (χ4v) is 3.44. The van der Waals surface area contributed by atoms with Gasteiger partial charge in [0.1, 0.15) is 5.75 Å². The van der Waals surface area contributed by atoms with Crippen LogP contribution >= 0.6 is 0 Å². The van der Waals surface area contributed by atoms with E-state index in [2.05, 4.69) is 0 Å². The molecule has 0 unspecified atom stereocenters. The number of hydrogen-bond acceptors (Lipinski definition) is 3. The van der Waals surface area contributed by atoms with Gasteiger partial charge in [0, 0.05) is 0 Å².